The Bertz CT molecular complexity index is 990. The summed E-state index contributed by atoms with van der Waals surface area (Å²) in [6.45, 7) is 5.78. The average Bonchev–Trinajstić information content (AvgIpc) is 3.39. The van der Waals surface area contributed by atoms with Gasteiger partial charge in [-0.3, -0.25) is 14.5 Å². The van der Waals surface area contributed by atoms with E-state index >= 15 is 0 Å². The minimum Gasteiger partial charge on any atom is -0.355 e. The van der Waals surface area contributed by atoms with Crippen LogP contribution in [0.1, 0.15) is 23.0 Å². The second kappa shape index (κ2) is 8.75. The standard InChI is InChI=1S/C21H25N5O2S/c1-2-7-22-17(27)15-24-11-13-26(14-12-24)21(28)19-18(25-9-3-4-10-25)16-6-5-8-23-20(16)29-19/h3-6,8-10H,2,7,11-15H2,1H3,(H,22,27). The van der Waals surface area contributed by atoms with E-state index in [4.69, 9.17) is 0 Å². The quantitative estimate of drug-likeness (QED) is 0.676. The molecule has 152 valence electrons. The molecule has 4 heterocycles. The zero-order valence-corrected chi connectivity index (χ0v) is 17.3. The van der Waals surface area contributed by atoms with Gasteiger partial charge in [-0.25, -0.2) is 4.98 Å². The molecule has 1 aliphatic rings. The van der Waals surface area contributed by atoms with E-state index in [1.807, 2.05) is 53.0 Å². The van der Waals surface area contributed by atoms with Gasteiger partial charge >= 0.3 is 0 Å². The zero-order valence-electron chi connectivity index (χ0n) is 16.5. The van der Waals surface area contributed by atoms with Crippen molar-refractivity contribution in [1.82, 2.24) is 24.7 Å². The van der Waals surface area contributed by atoms with Gasteiger partial charge in [0.15, 0.2) is 0 Å². The first-order chi connectivity index (χ1) is 14.2. The summed E-state index contributed by atoms with van der Waals surface area (Å²) < 4.78 is 1.99. The molecular formula is C21H25N5O2S. The van der Waals surface area contributed by atoms with Crippen molar-refractivity contribution >= 4 is 33.4 Å². The van der Waals surface area contributed by atoms with Gasteiger partial charge in [0.2, 0.25) is 5.91 Å². The number of carbonyl (C=O) groups excluding carboxylic acids is 2. The largest absolute Gasteiger partial charge is 0.355 e. The second-order valence-corrected chi connectivity index (χ2v) is 8.14. The van der Waals surface area contributed by atoms with Crippen molar-refractivity contribution < 1.29 is 9.59 Å². The Hall–Kier alpha value is -2.71. The fraction of sp³-hybridized carbons (Fsp3) is 0.381. The second-order valence-electron chi connectivity index (χ2n) is 7.14. The topological polar surface area (TPSA) is 70.5 Å². The Morgan fingerprint density at radius 2 is 1.90 bits per heavy atom. The molecule has 0 bridgehead atoms. The molecule has 1 aliphatic heterocycles. The number of nitrogens with one attached hydrogen (secondary N) is 1. The van der Waals surface area contributed by atoms with E-state index in [2.05, 4.69) is 15.2 Å². The van der Waals surface area contributed by atoms with Crippen molar-refractivity contribution in [1.29, 1.82) is 0 Å². The lowest BCUT2D eigenvalue weighted by Crippen LogP contribution is -2.51. The fourth-order valence-electron chi connectivity index (χ4n) is 3.58. The number of piperazine rings is 1. The number of thiophene rings is 1. The van der Waals surface area contributed by atoms with E-state index in [1.54, 1.807) is 6.20 Å². The molecule has 0 radical (unpaired) electrons. The van der Waals surface area contributed by atoms with Gasteiger partial charge in [0.1, 0.15) is 9.71 Å². The molecule has 0 spiro atoms. The third-order valence-electron chi connectivity index (χ3n) is 5.10. The highest BCUT2D eigenvalue weighted by Gasteiger charge is 2.28. The van der Waals surface area contributed by atoms with Crippen LogP contribution in [0.4, 0.5) is 0 Å². The number of pyridine rings is 1. The molecule has 1 saturated heterocycles. The molecule has 2 amide bonds. The molecule has 3 aromatic rings. The maximum Gasteiger partial charge on any atom is 0.266 e. The lowest BCUT2D eigenvalue weighted by Gasteiger charge is -2.34. The number of amides is 2. The first-order valence-corrected chi connectivity index (χ1v) is 10.8. The number of carbonyl (C=O) groups is 2. The van der Waals surface area contributed by atoms with Crippen LogP contribution in [0.2, 0.25) is 0 Å². The molecular weight excluding hydrogens is 386 g/mol. The summed E-state index contributed by atoms with van der Waals surface area (Å²) in [5.74, 6) is 0.0869. The van der Waals surface area contributed by atoms with E-state index in [0.29, 0.717) is 44.1 Å². The molecule has 0 saturated carbocycles. The van der Waals surface area contributed by atoms with Crippen molar-refractivity contribution in [2.75, 3.05) is 39.3 Å². The van der Waals surface area contributed by atoms with Crippen LogP contribution >= 0.6 is 11.3 Å². The summed E-state index contributed by atoms with van der Waals surface area (Å²) in [5.41, 5.74) is 0.898. The van der Waals surface area contributed by atoms with Gasteiger partial charge in [0.25, 0.3) is 5.91 Å². The summed E-state index contributed by atoms with van der Waals surface area (Å²) in [5, 5.41) is 3.90. The number of hydrogen-bond acceptors (Lipinski definition) is 5. The van der Waals surface area contributed by atoms with Gasteiger partial charge in [-0.05, 0) is 30.7 Å². The van der Waals surface area contributed by atoms with Gasteiger partial charge in [-0.1, -0.05) is 6.92 Å². The molecule has 4 rings (SSSR count). The molecule has 8 heteroatoms. The summed E-state index contributed by atoms with van der Waals surface area (Å²) in [4.78, 5) is 35.3. The number of fused-ring (bicyclic) bond motifs is 1. The van der Waals surface area contributed by atoms with Crippen LogP contribution in [0.15, 0.2) is 42.9 Å². The van der Waals surface area contributed by atoms with Gasteiger partial charge in [0, 0.05) is 56.7 Å². The Balaban J connectivity index is 1.49. The summed E-state index contributed by atoms with van der Waals surface area (Å²) in [6, 6.07) is 7.82. The van der Waals surface area contributed by atoms with E-state index in [1.165, 1.54) is 11.3 Å². The van der Waals surface area contributed by atoms with Crippen molar-refractivity contribution in [3.63, 3.8) is 0 Å². The summed E-state index contributed by atoms with van der Waals surface area (Å²) in [7, 11) is 0. The van der Waals surface area contributed by atoms with E-state index in [-0.39, 0.29) is 11.8 Å². The monoisotopic (exact) mass is 411 g/mol. The molecule has 0 aliphatic carbocycles. The smallest absolute Gasteiger partial charge is 0.266 e. The molecule has 0 atom stereocenters. The van der Waals surface area contributed by atoms with Crippen molar-refractivity contribution in [2.24, 2.45) is 0 Å². The molecule has 1 N–H and O–H groups in total. The van der Waals surface area contributed by atoms with Crippen LogP contribution in [0.25, 0.3) is 15.9 Å². The predicted octanol–water partition coefficient (Wildman–Crippen LogP) is 2.37. The van der Waals surface area contributed by atoms with E-state index < -0.39 is 0 Å². The average molecular weight is 412 g/mol. The molecule has 0 unspecified atom stereocenters. The SMILES string of the molecule is CCCNC(=O)CN1CCN(C(=O)c2sc3ncccc3c2-n2cccc2)CC1. The van der Waals surface area contributed by atoms with Gasteiger partial charge < -0.3 is 14.8 Å². The normalized spacial score (nSPS) is 15.0. The van der Waals surface area contributed by atoms with Crippen molar-refractivity contribution in [3.05, 3.63) is 47.7 Å². The lowest BCUT2D eigenvalue weighted by atomic mass is 10.2. The fourth-order valence-corrected chi connectivity index (χ4v) is 4.69. The summed E-state index contributed by atoms with van der Waals surface area (Å²) >= 11 is 1.44. The third-order valence-corrected chi connectivity index (χ3v) is 6.19. The predicted molar refractivity (Wildman–Crippen MR) is 115 cm³/mol. The first kappa shape index (κ1) is 19.6. The van der Waals surface area contributed by atoms with Crippen LogP contribution in [-0.4, -0.2) is 70.4 Å². The molecule has 7 nitrogen and oxygen atoms in total. The van der Waals surface area contributed by atoms with Crippen molar-refractivity contribution in [3.8, 4) is 5.69 Å². The number of rotatable bonds is 6. The van der Waals surface area contributed by atoms with Crippen LogP contribution in [0.3, 0.4) is 0 Å². The van der Waals surface area contributed by atoms with Gasteiger partial charge in [-0.15, -0.1) is 11.3 Å². The van der Waals surface area contributed by atoms with Crippen LogP contribution in [-0.2, 0) is 4.79 Å². The minimum atomic E-state index is 0.0341. The van der Waals surface area contributed by atoms with Crippen LogP contribution < -0.4 is 5.32 Å². The summed E-state index contributed by atoms with van der Waals surface area (Å²) in [6.07, 6.45) is 6.60. The molecule has 1 fully saturated rings. The molecule has 29 heavy (non-hydrogen) atoms. The van der Waals surface area contributed by atoms with E-state index in [0.717, 1.165) is 22.3 Å². The minimum absolute atomic E-state index is 0.0341. The third kappa shape index (κ3) is 4.18. The number of nitrogens with zero attached hydrogens (tertiary/aromatic N) is 4. The van der Waals surface area contributed by atoms with Gasteiger partial charge in [-0.2, -0.15) is 0 Å². The maximum absolute atomic E-state index is 13.4. The van der Waals surface area contributed by atoms with Gasteiger partial charge in [0.05, 0.1) is 12.2 Å². The van der Waals surface area contributed by atoms with Crippen LogP contribution in [0, 0.1) is 0 Å². The van der Waals surface area contributed by atoms with Crippen molar-refractivity contribution in [2.45, 2.75) is 13.3 Å². The number of aromatic nitrogens is 2. The highest BCUT2D eigenvalue weighted by atomic mass is 32.1. The Kier molecular flexibility index (Phi) is 5.92. The first-order valence-electron chi connectivity index (χ1n) is 9.96. The molecule has 3 aromatic heterocycles. The molecule has 0 aromatic carbocycles. The Morgan fingerprint density at radius 1 is 1.14 bits per heavy atom. The highest BCUT2D eigenvalue weighted by molar-refractivity contribution is 7.21. The van der Waals surface area contributed by atoms with Crippen LogP contribution in [0.5, 0.6) is 0 Å². The lowest BCUT2D eigenvalue weighted by molar-refractivity contribution is -0.122. The maximum atomic E-state index is 13.4. The Morgan fingerprint density at radius 3 is 2.62 bits per heavy atom. The zero-order chi connectivity index (χ0) is 20.2. The van der Waals surface area contributed by atoms with E-state index in [9.17, 15) is 9.59 Å². The number of hydrogen-bond donors (Lipinski definition) is 1. The highest BCUT2D eigenvalue weighted by Crippen LogP contribution is 2.34. The Labute approximate surface area is 173 Å².